The second-order valence-corrected chi connectivity index (χ2v) is 6.14. The molecule has 0 fully saturated rings. The molecule has 1 N–H and O–H groups in total. The Morgan fingerprint density at radius 2 is 2.19 bits per heavy atom. The summed E-state index contributed by atoms with van der Waals surface area (Å²) in [5.74, 6) is -0.800. The molecule has 0 aliphatic carbocycles. The molecule has 0 amide bonds. The number of hydrogen-bond acceptors (Lipinski definition) is 5. The third kappa shape index (κ3) is 3.78. The van der Waals surface area contributed by atoms with Crippen LogP contribution in [0, 0.1) is 0 Å². The number of aromatic nitrogens is 2. The van der Waals surface area contributed by atoms with E-state index in [1.54, 1.807) is 6.20 Å². The summed E-state index contributed by atoms with van der Waals surface area (Å²) in [6.45, 7) is 4.67. The molecule has 0 bridgehead atoms. The Kier molecular flexibility index (Phi) is 4.90. The van der Waals surface area contributed by atoms with Gasteiger partial charge in [0.2, 0.25) is 0 Å². The lowest BCUT2D eigenvalue weighted by Crippen LogP contribution is -2.20. The summed E-state index contributed by atoms with van der Waals surface area (Å²) >= 11 is 1.23. The first-order valence-corrected chi connectivity index (χ1v) is 7.65. The Morgan fingerprint density at radius 1 is 1.43 bits per heavy atom. The molecule has 0 saturated carbocycles. The predicted molar refractivity (Wildman–Crippen MR) is 84.4 cm³/mol. The van der Waals surface area contributed by atoms with Gasteiger partial charge in [0.05, 0.1) is 5.69 Å². The van der Waals surface area contributed by atoms with Crippen LogP contribution >= 0.6 is 11.3 Å². The fraction of sp³-hybridized carbons (Fsp3) is 0.400. The van der Waals surface area contributed by atoms with Gasteiger partial charge in [0.25, 0.3) is 0 Å². The highest BCUT2D eigenvalue weighted by Crippen LogP contribution is 2.30. The summed E-state index contributed by atoms with van der Waals surface area (Å²) in [6, 6.07) is 5.84. The molecule has 5 nitrogen and oxygen atoms in total. The number of carbonyl (C=O) groups is 1. The molecule has 2 aromatic rings. The van der Waals surface area contributed by atoms with Crippen LogP contribution in [0.25, 0.3) is 0 Å². The summed E-state index contributed by atoms with van der Waals surface area (Å²) in [7, 11) is 1.93. The van der Waals surface area contributed by atoms with Crippen LogP contribution in [0.4, 0.5) is 5.13 Å². The van der Waals surface area contributed by atoms with Crippen LogP contribution in [0.15, 0.2) is 24.4 Å². The van der Waals surface area contributed by atoms with Gasteiger partial charge >= 0.3 is 5.97 Å². The molecule has 2 heterocycles. The molecule has 112 valence electrons. The molecule has 0 atom stereocenters. The lowest BCUT2D eigenvalue weighted by molar-refractivity contribution is 0.0700. The lowest BCUT2D eigenvalue weighted by atomic mass is 10.1. The molecule has 6 heteroatoms. The van der Waals surface area contributed by atoms with E-state index in [1.807, 2.05) is 44.0 Å². The van der Waals surface area contributed by atoms with Crippen LogP contribution in [0.2, 0.25) is 0 Å². The Bertz CT molecular complexity index is 611. The van der Waals surface area contributed by atoms with Gasteiger partial charge in [-0.2, -0.15) is 0 Å². The molecule has 0 spiro atoms. The smallest absolute Gasteiger partial charge is 0.347 e. The minimum absolute atomic E-state index is 0.102. The standard InChI is InChI=1S/C15H19N3O2S/c1-10(2)12-13(14(19)20)21-15(17-12)18(3)9-7-11-6-4-5-8-16-11/h4-6,8,10H,7,9H2,1-3H3,(H,19,20). The second kappa shape index (κ2) is 6.67. The summed E-state index contributed by atoms with van der Waals surface area (Å²) in [4.78, 5) is 22.4. The van der Waals surface area contributed by atoms with E-state index in [0.29, 0.717) is 10.6 Å². The van der Waals surface area contributed by atoms with E-state index in [4.69, 9.17) is 0 Å². The van der Waals surface area contributed by atoms with Crippen molar-refractivity contribution in [3.63, 3.8) is 0 Å². The highest BCUT2D eigenvalue weighted by Gasteiger charge is 2.21. The molecule has 0 aliphatic rings. The van der Waals surface area contributed by atoms with Crippen molar-refractivity contribution in [2.75, 3.05) is 18.5 Å². The molecule has 0 unspecified atom stereocenters. The minimum Gasteiger partial charge on any atom is -0.477 e. The third-order valence-corrected chi connectivity index (χ3v) is 4.31. The van der Waals surface area contributed by atoms with Crippen LogP contribution in [0.3, 0.4) is 0 Å². The van der Waals surface area contributed by atoms with Crippen molar-refractivity contribution in [2.45, 2.75) is 26.2 Å². The number of carboxylic acids is 1. The van der Waals surface area contributed by atoms with Crippen molar-refractivity contribution in [2.24, 2.45) is 0 Å². The number of likely N-dealkylation sites (N-methyl/N-ethyl adjacent to an activating group) is 1. The maximum atomic E-state index is 11.3. The van der Waals surface area contributed by atoms with Crippen molar-refractivity contribution in [3.05, 3.63) is 40.7 Å². The normalized spacial score (nSPS) is 10.9. The lowest BCUT2D eigenvalue weighted by Gasteiger charge is -2.15. The van der Waals surface area contributed by atoms with Gasteiger partial charge in [0, 0.05) is 31.9 Å². The van der Waals surface area contributed by atoms with Crippen LogP contribution in [0.1, 0.15) is 40.8 Å². The molecular formula is C15H19N3O2S. The van der Waals surface area contributed by atoms with Crippen molar-refractivity contribution >= 4 is 22.4 Å². The quantitative estimate of drug-likeness (QED) is 0.888. The summed E-state index contributed by atoms with van der Waals surface area (Å²) in [5, 5.41) is 10.0. The molecule has 21 heavy (non-hydrogen) atoms. The van der Waals surface area contributed by atoms with Crippen molar-refractivity contribution in [1.82, 2.24) is 9.97 Å². The van der Waals surface area contributed by atoms with E-state index in [0.717, 1.165) is 23.8 Å². The minimum atomic E-state index is -0.902. The van der Waals surface area contributed by atoms with Gasteiger partial charge in [-0.25, -0.2) is 9.78 Å². The fourth-order valence-electron chi connectivity index (χ4n) is 1.95. The number of anilines is 1. The average Bonchev–Trinajstić information content (AvgIpc) is 2.91. The topological polar surface area (TPSA) is 66.3 Å². The molecule has 2 rings (SSSR count). The summed E-state index contributed by atoms with van der Waals surface area (Å²) in [5.41, 5.74) is 1.68. The van der Waals surface area contributed by atoms with Crippen molar-refractivity contribution < 1.29 is 9.90 Å². The molecule has 0 aromatic carbocycles. The van der Waals surface area contributed by atoms with Gasteiger partial charge in [-0.1, -0.05) is 31.3 Å². The van der Waals surface area contributed by atoms with E-state index in [2.05, 4.69) is 9.97 Å². The van der Waals surface area contributed by atoms with Gasteiger partial charge < -0.3 is 10.0 Å². The van der Waals surface area contributed by atoms with Gasteiger partial charge in [-0.05, 0) is 18.1 Å². The molecule has 2 aromatic heterocycles. The average molecular weight is 305 g/mol. The number of thiazole rings is 1. The van der Waals surface area contributed by atoms with Gasteiger partial charge in [0.1, 0.15) is 4.88 Å². The maximum Gasteiger partial charge on any atom is 0.347 e. The second-order valence-electron chi connectivity index (χ2n) is 5.16. The Balaban J connectivity index is 2.10. The Labute approximate surface area is 128 Å². The van der Waals surface area contributed by atoms with Gasteiger partial charge in [-0.3, -0.25) is 4.98 Å². The van der Waals surface area contributed by atoms with Gasteiger partial charge in [-0.15, -0.1) is 0 Å². The van der Waals surface area contributed by atoms with E-state index in [9.17, 15) is 9.90 Å². The Morgan fingerprint density at radius 3 is 2.71 bits per heavy atom. The van der Waals surface area contributed by atoms with Gasteiger partial charge in [0.15, 0.2) is 5.13 Å². The molecule has 0 saturated heterocycles. The van der Waals surface area contributed by atoms with E-state index < -0.39 is 5.97 Å². The number of rotatable bonds is 6. The first-order valence-electron chi connectivity index (χ1n) is 6.84. The predicted octanol–water partition coefficient (Wildman–Crippen LogP) is 3.04. The number of pyridine rings is 1. The van der Waals surface area contributed by atoms with Crippen LogP contribution in [-0.4, -0.2) is 34.6 Å². The maximum absolute atomic E-state index is 11.3. The van der Waals surface area contributed by atoms with Crippen molar-refractivity contribution in [3.8, 4) is 0 Å². The SMILES string of the molecule is CC(C)c1nc(N(C)CCc2ccccn2)sc1C(=O)O. The molecule has 0 aliphatic heterocycles. The summed E-state index contributed by atoms with van der Waals surface area (Å²) in [6.07, 6.45) is 2.58. The van der Waals surface area contributed by atoms with E-state index >= 15 is 0 Å². The van der Waals surface area contributed by atoms with Crippen LogP contribution in [-0.2, 0) is 6.42 Å². The molecular weight excluding hydrogens is 286 g/mol. The van der Waals surface area contributed by atoms with Crippen LogP contribution in [0.5, 0.6) is 0 Å². The number of aromatic carboxylic acids is 1. The zero-order valence-electron chi connectivity index (χ0n) is 12.4. The highest BCUT2D eigenvalue weighted by atomic mass is 32.1. The number of nitrogens with zero attached hydrogens (tertiary/aromatic N) is 3. The first-order chi connectivity index (χ1) is 9.99. The van der Waals surface area contributed by atoms with Crippen molar-refractivity contribution in [1.29, 1.82) is 0 Å². The number of carboxylic acid groups (broad SMARTS) is 1. The van der Waals surface area contributed by atoms with E-state index in [1.165, 1.54) is 11.3 Å². The number of hydrogen-bond donors (Lipinski definition) is 1. The largest absolute Gasteiger partial charge is 0.477 e. The van der Waals surface area contributed by atoms with Crippen LogP contribution < -0.4 is 4.90 Å². The zero-order chi connectivity index (χ0) is 15.4. The Hall–Kier alpha value is -1.95. The first kappa shape index (κ1) is 15.4. The monoisotopic (exact) mass is 305 g/mol. The molecule has 0 radical (unpaired) electrons. The fourth-order valence-corrected chi connectivity index (χ4v) is 3.00. The summed E-state index contributed by atoms with van der Waals surface area (Å²) < 4.78 is 0. The third-order valence-electron chi connectivity index (χ3n) is 3.14. The van der Waals surface area contributed by atoms with E-state index in [-0.39, 0.29) is 5.92 Å². The highest BCUT2D eigenvalue weighted by molar-refractivity contribution is 7.17. The zero-order valence-corrected chi connectivity index (χ0v) is 13.2.